The van der Waals surface area contributed by atoms with E-state index in [1.54, 1.807) is 12.3 Å². The molecule has 0 aliphatic heterocycles. The lowest BCUT2D eigenvalue weighted by molar-refractivity contribution is -0.385. The highest BCUT2D eigenvalue weighted by Gasteiger charge is 2.19. The summed E-state index contributed by atoms with van der Waals surface area (Å²) in [7, 11) is -4.05. The molecule has 1 aromatic carbocycles. The van der Waals surface area contributed by atoms with E-state index in [2.05, 4.69) is 19.7 Å². The zero-order valence-corrected chi connectivity index (χ0v) is 14.4. The smallest absolute Gasteiger partial charge is 0.258 e. The van der Waals surface area contributed by atoms with Crippen LogP contribution in [-0.4, -0.2) is 28.3 Å². The second kappa shape index (κ2) is 6.53. The van der Waals surface area contributed by atoms with Crippen LogP contribution in [0, 0.1) is 17.0 Å². The van der Waals surface area contributed by atoms with Gasteiger partial charge in [0.05, 0.1) is 25.4 Å². The monoisotopic (exact) mass is 377 g/mol. The molecule has 0 saturated heterocycles. The molecule has 0 aliphatic carbocycles. The van der Waals surface area contributed by atoms with Crippen molar-refractivity contribution in [3.8, 4) is 10.6 Å². The largest absolute Gasteiger partial charge is 0.270 e. The summed E-state index contributed by atoms with van der Waals surface area (Å²) in [5.74, 6) is -0.130. The van der Waals surface area contributed by atoms with Crippen LogP contribution >= 0.6 is 11.3 Å². The standard InChI is InChI=1S/C14H11N5O4S2/c1-9-16-8-13(24-9)12-5-6-15-14(17-12)18-25(22,23)11-4-2-3-10(7-11)19(20)21/h2-8H,1H3,(H,15,17,18). The van der Waals surface area contributed by atoms with E-state index in [1.165, 1.54) is 35.7 Å². The van der Waals surface area contributed by atoms with E-state index in [0.29, 0.717) is 5.69 Å². The molecule has 0 amide bonds. The van der Waals surface area contributed by atoms with Crippen LogP contribution in [0.2, 0.25) is 0 Å². The minimum atomic E-state index is -4.05. The molecule has 128 valence electrons. The minimum absolute atomic E-state index is 0.130. The first-order valence-electron chi connectivity index (χ1n) is 6.88. The van der Waals surface area contributed by atoms with Crippen molar-refractivity contribution in [3.63, 3.8) is 0 Å². The Morgan fingerprint density at radius 3 is 2.72 bits per heavy atom. The number of non-ortho nitro benzene ring substituents is 1. The fourth-order valence-corrected chi connectivity index (χ4v) is 3.71. The van der Waals surface area contributed by atoms with Gasteiger partial charge in [-0.2, -0.15) is 0 Å². The average Bonchev–Trinajstić information content (AvgIpc) is 3.01. The molecular weight excluding hydrogens is 366 g/mol. The predicted octanol–water partition coefficient (Wildman–Crippen LogP) is 2.62. The van der Waals surface area contributed by atoms with E-state index in [4.69, 9.17) is 0 Å². The third kappa shape index (κ3) is 3.78. The first-order valence-corrected chi connectivity index (χ1v) is 9.18. The maximum atomic E-state index is 12.4. The van der Waals surface area contributed by atoms with Gasteiger partial charge in [0.2, 0.25) is 5.95 Å². The number of sulfonamides is 1. The van der Waals surface area contributed by atoms with Crippen LogP contribution in [0.1, 0.15) is 5.01 Å². The van der Waals surface area contributed by atoms with Crippen LogP contribution in [0.25, 0.3) is 10.6 Å². The molecule has 0 aliphatic rings. The number of hydrogen-bond acceptors (Lipinski definition) is 8. The highest BCUT2D eigenvalue weighted by Crippen LogP contribution is 2.25. The number of aryl methyl sites for hydroxylation is 1. The van der Waals surface area contributed by atoms with Crippen molar-refractivity contribution >= 4 is 33.0 Å². The molecule has 0 fully saturated rings. The van der Waals surface area contributed by atoms with E-state index < -0.39 is 14.9 Å². The topological polar surface area (TPSA) is 128 Å². The Kier molecular flexibility index (Phi) is 4.42. The summed E-state index contributed by atoms with van der Waals surface area (Å²) in [5, 5.41) is 11.7. The zero-order valence-electron chi connectivity index (χ0n) is 12.8. The quantitative estimate of drug-likeness (QED) is 0.534. The van der Waals surface area contributed by atoms with E-state index in [9.17, 15) is 18.5 Å². The van der Waals surface area contributed by atoms with Crippen LogP contribution in [0.5, 0.6) is 0 Å². The molecule has 2 aromatic heterocycles. The van der Waals surface area contributed by atoms with Gasteiger partial charge < -0.3 is 0 Å². The number of aromatic nitrogens is 3. The van der Waals surface area contributed by atoms with Crippen LogP contribution in [-0.2, 0) is 10.0 Å². The van der Waals surface area contributed by atoms with Crippen molar-refractivity contribution in [1.29, 1.82) is 0 Å². The number of nitro benzene ring substituents is 1. The van der Waals surface area contributed by atoms with E-state index in [1.807, 2.05) is 6.92 Å². The first-order chi connectivity index (χ1) is 11.8. The second-order valence-corrected chi connectivity index (χ2v) is 7.79. The second-order valence-electron chi connectivity index (χ2n) is 4.87. The molecule has 0 radical (unpaired) electrons. The fraction of sp³-hybridized carbons (Fsp3) is 0.0714. The molecule has 11 heteroatoms. The lowest BCUT2D eigenvalue weighted by Crippen LogP contribution is -2.15. The summed E-state index contributed by atoms with van der Waals surface area (Å²) in [6.45, 7) is 1.85. The lowest BCUT2D eigenvalue weighted by Gasteiger charge is -2.07. The van der Waals surface area contributed by atoms with Gasteiger partial charge in [-0.15, -0.1) is 11.3 Å². The maximum Gasteiger partial charge on any atom is 0.270 e. The molecule has 1 N–H and O–H groups in total. The highest BCUT2D eigenvalue weighted by atomic mass is 32.2. The van der Waals surface area contributed by atoms with Gasteiger partial charge in [0.15, 0.2) is 0 Å². The summed E-state index contributed by atoms with van der Waals surface area (Å²) in [5.41, 5.74) is 0.204. The van der Waals surface area contributed by atoms with Crippen molar-refractivity contribution in [2.45, 2.75) is 11.8 Å². The summed E-state index contributed by atoms with van der Waals surface area (Å²) >= 11 is 1.42. The number of nitrogens with zero attached hydrogens (tertiary/aromatic N) is 4. The maximum absolute atomic E-state index is 12.4. The fourth-order valence-electron chi connectivity index (χ4n) is 1.97. The number of anilines is 1. The van der Waals surface area contributed by atoms with Gasteiger partial charge in [-0.25, -0.2) is 28.1 Å². The molecule has 0 unspecified atom stereocenters. The van der Waals surface area contributed by atoms with Gasteiger partial charge >= 0.3 is 0 Å². The van der Waals surface area contributed by atoms with Gasteiger partial charge in [-0.3, -0.25) is 10.1 Å². The SMILES string of the molecule is Cc1ncc(-c2ccnc(NS(=O)(=O)c3cccc([N+](=O)[O-])c3)n2)s1. The molecule has 2 heterocycles. The van der Waals surface area contributed by atoms with Gasteiger partial charge in [0.1, 0.15) is 0 Å². The molecule has 0 bridgehead atoms. The van der Waals surface area contributed by atoms with E-state index in [-0.39, 0.29) is 16.5 Å². The highest BCUT2D eigenvalue weighted by molar-refractivity contribution is 7.92. The van der Waals surface area contributed by atoms with Crippen molar-refractivity contribution in [2.75, 3.05) is 4.72 Å². The summed E-state index contributed by atoms with van der Waals surface area (Å²) < 4.78 is 27.0. The normalized spacial score (nSPS) is 11.2. The zero-order chi connectivity index (χ0) is 18.0. The Labute approximate surface area is 146 Å². The lowest BCUT2D eigenvalue weighted by atomic mass is 10.3. The number of benzene rings is 1. The van der Waals surface area contributed by atoms with Gasteiger partial charge in [-0.1, -0.05) is 6.07 Å². The minimum Gasteiger partial charge on any atom is -0.258 e. The molecule has 9 nitrogen and oxygen atoms in total. The predicted molar refractivity (Wildman–Crippen MR) is 91.8 cm³/mol. The third-order valence-corrected chi connectivity index (χ3v) is 5.35. The van der Waals surface area contributed by atoms with Crippen LogP contribution in [0.15, 0.2) is 47.6 Å². The first kappa shape index (κ1) is 16.9. The molecule has 25 heavy (non-hydrogen) atoms. The molecule has 3 rings (SSSR count). The Morgan fingerprint density at radius 2 is 2.04 bits per heavy atom. The Hall–Kier alpha value is -2.92. The number of rotatable bonds is 5. The summed E-state index contributed by atoms with van der Waals surface area (Å²) in [6, 6.07) is 6.37. The molecule has 3 aromatic rings. The number of thiazole rings is 1. The summed E-state index contributed by atoms with van der Waals surface area (Å²) in [4.78, 5) is 22.8. The number of nitrogens with one attached hydrogen (secondary N) is 1. The van der Waals surface area contributed by atoms with Crippen LogP contribution in [0.4, 0.5) is 11.6 Å². The van der Waals surface area contributed by atoms with Gasteiger partial charge in [0, 0.05) is 24.5 Å². The van der Waals surface area contributed by atoms with Crippen LogP contribution in [0.3, 0.4) is 0 Å². The molecule has 0 spiro atoms. The van der Waals surface area contributed by atoms with Crippen molar-refractivity contribution in [1.82, 2.24) is 15.0 Å². The third-order valence-electron chi connectivity index (χ3n) is 3.09. The molecular formula is C14H11N5O4S2. The molecule has 0 saturated carbocycles. The van der Waals surface area contributed by atoms with Crippen LogP contribution < -0.4 is 4.72 Å². The van der Waals surface area contributed by atoms with E-state index in [0.717, 1.165) is 16.0 Å². The van der Waals surface area contributed by atoms with Crippen molar-refractivity contribution in [3.05, 3.63) is 57.8 Å². The molecule has 0 atom stereocenters. The van der Waals surface area contributed by atoms with Crippen molar-refractivity contribution < 1.29 is 13.3 Å². The Balaban J connectivity index is 1.91. The van der Waals surface area contributed by atoms with Crippen molar-refractivity contribution in [2.24, 2.45) is 0 Å². The Bertz CT molecular complexity index is 1050. The van der Waals surface area contributed by atoms with E-state index >= 15 is 0 Å². The average molecular weight is 377 g/mol. The number of nitro groups is 1. The summed E-state index contributed by atoms with van der Waals surface area (Å²) in [6.07, 6.45) is 3.06. The Morgan fingerprint density at radius 1 is 1.24 bits per heavy atom. The number of hydrogen-bond donors (Lipinski definition) is 1. The van der Waals surface area contributed by atoms with Gasteiger partial charge in [-0.05, 0) is 19.1 Å². The van der Waals surface area contributed by atoms with Gasteiger partial charge in [0.25, 0.3) is 15.7 Å².